The molecule has 9 heteroatoms. The zero-order valence-electron chi connectivity index (χ0n) is 16.8. The average Bonchev–Trinajstić information content (AvgIpc) is 3.07. The predicted molar refractivity (Wildman–Crippen MR) is 111 cm³/mol. The third kappa shape index (κ3) is 5.39. The highest BCUT2D eigenvalue weighted by Crippen LogP contribution is 2.34. The molecule has 0 radical (unpaired) electrons. The molecular formula is C20H25N3O5S. The normalized spacial score (nSPS) is 14.3. The van der Waals surface area contributed by atoms with Gasteiger partial charge in [-0.3, -0.25) is 4.79 Å². The van der Waals surface area contributed by atoms with Gasteiger partial charge in [0.2, 0.25) is 22.7 Å². The third-order valence-corrected chi connectivity index (χ3v) is 5.76. The van der Waals surface area contributed by atoms with Gasteiger partial charge in [-0.05, 0) is 58.0 Å². The van der Waals surface area contributed by atoms with Crippen molar-refractivity contribution in [1.29, 1.82) is 0 Å². The van der Waals surface area contributed by atoms with E-state index in [0.29, 0.717) is 22.9 Å². The molecule has 8 nitrogen and oxygen atoms in total. The van der Waals surface area contributed by atoms with Crippen LogP contribution in [-0.4, -0.2) is 32.7 Å². The van der Waals surface area contributed by atoms with Crippen molar-refractivity contribution in [2.24, 2.45) is 0 Å². The van der Waals surface area contributed by atoms with Gasteiger partial charge in [0.25, 0.3) is 0 Å². The van der Waals surface area contributed by atoms with Crippen molar-refractivity contribution >= 4 is 27.3 Å². The fraction of sp³-hybridized carbons (Fsp3) is 0.350. The first-order valence-electron chi connectivity index (χ1n) is 9.15. The number of rotatable bonds is 6. The third-order valence-electron chi connectivity index (χ3n) is 4.00. The summed E-state index contributed by atoms with van der Waals surface area (Å²) >= 11 is 0. The summed E-state index contributed by atoms with van der Waals surface area (Å²) in [6.07, 6.45) is 0. The van der Waals surface area contributed by atoms with E-state index < -0.39 is 21.6 Å². The van der Waals surface area contributed by atoms with Gasteiger partial charge in [-0.15, -0.1) is 0 Å². The van der Waals surface area contributed by atoms with E-state index in [-0.39, 0.29) is 17.6 Å². The van der Waals surface area contributed by atoms with Gasteiger partial charge in [-0.25, -0.2) is 13.1 Å². The summed E-state index contributed by atoms with van der Waals surface area (Å²) in [5.74, 6) is 0.939. The molecule has 1 aliphatic rings. The van der Waals surface area contributed by atoms with E-state index in [2.05, 4.69) is 15.4 Å². The zero-order chi connectivity index (χ0) is 21.2. The fourth-order valence-electron chi connectivity index (χ4n) is 2.76. The molecule has 0 unspecified atom stereocenters. The van der Waals surface area contributed by atoms with Crippen LogP contribution in [0.15, 0.2) is 47.4 Å². The molecule has 0 bridgehead atoms. The van der Waals surface area contributed by atoms with Gasteiger partial charge in [-0.2, -0.15) is 0 Å². The lowest BCUT2D eigenvalue weighted by molar-refractivity contribution is -0.116. The number of sulfonamides is 1. The Morgan fingerprint density at radius 3 is 2.48 bits per heavy atom. The van der Waals surface area contributed by atoms with Crippen molar-refractivity contribution in [1.82, 2.24) is 4.72 Å². The largest absolute Gasteiger partial charge is 0.454 e. The molecule has 1 atom stereocenters. The molecule has 2 aromatic rings. The van der Waals surface area contributed by atoms with Crippen molar-refractivity contribution in [3.8, 4) is 11.5 Å². The average molecular weight is 420 g/mol. The highest BCUT2D eigenvalue weighted by Gasteiger charge is 2.23. The van der Waals surface area contributed by atoms with Gasteiger partial charge < -0.3 is 20.1 Å². The first-order valence-corrected chi connectivity index (χ1v) is 10.6. The first kappa shape index (κ1) is 20.9. The molecule has 1 aliphatic heterocycles. The summed E-state index contributed by atoms with van der Waals surface area (Å²) in [4.78, 5) is 12.6. The second-order valence-corrected chi connectivity index (χ2v) is 9.49. The highest BCUT2D eigenvalue weighted by molar-refractivity contribution is 7.89. The van der Waals surface area contributed by atoms with Crippen molar-refractivity contribution in [3.05, 3.63) is 42.5 Å². The molecule has 0 aromatic heterocycles. The van der Waals surface area contributed by atoms with E-state index in [1.807, 2.05) is 0 Å². The number of carbonyl (C=O) groups is 1. The summed E-state index contributed by atoms with van der Waals surface area (Å²) in [5, 5.41) is 5.83. The Morgan fingerprint density at radius 1 is 1.03 bits per heavy atom. The monoisotopic (exact) mass is 419 g/mol. The molecule has 0 fully saturated rings. The smallest absolute Gasteiger partial charge is 0.246 e. The Labute approximate surface area is 170 Å². The molecule has 0 aliphatic carbocycles. The van der Waals surface area contributed by atoms with Gasteiger partial charge in [-0.1, -0.05) is 6.07 Å². The number of hydrogen-bond acceptors (Lipinski definition) is 6. The van der Waals surface area contributed by atoms with Gasteiger partial charge in [0.15, 0.2) is 11.5 Å². The maximum Gasteiger partial charge on any atom is 0.246 e. The standard InChI is InChI=1S/C20H25N3O5S/c1-13(19(24)22-15-8-9-17-18(11-15)28-12-27-17)21-14-6-5-7-16(10-14)29(25,26)23-20(2,3)4/h5-11,13,21,23H,12H2,1-4H3,(H,22,24)/t13-/m1/s1. The Balaban J connectivity index is 1.67. The zero-order valence-corrected chi connectivity index (χ0v) is 17.6. The van der Waals surface area contributed by atoms with E-state index in [0.717, 1.165) is 0 Å². The number of nitrogens with one attached hydrogen (secondary N) is 3. The Morgan fingerprint density at radius 2 is 1.76 bits per heavy atom. The van der Waals surface area contributed by atoms with Crippen LogP contribution in [0.4, 0.5) is 11.4 Å². The van der Waals surface area contributed by atoms with Crippen molar-refractivity contribution in [2.45, 2.75) is 44.2 Å². The van der Waals surface area contributed by atoms with E-state index in [1.54, 1.807) is 58.0 Å². The maximum atomic E-state index is 12.5. The molecular weight excluding hydrogens is 394 g/mol. The topological polar surface area (TPSA) is 106 Å². The molecule has 3 N–H and O–H groups in total. The van der Waals surface area contributed by atoms with Crippen molar-refractivity contribution in [3.63, 3.8) is 0 Å². The van der Waals surface area contributed by atoms with Gasteiger partial charge in [0.1, 0.15) is 6.04 Å². The van der Waals surface area contributed by atoms with Gasteiger partial charge >= 0.3 is 0 Å². The van der Waals surface area contributed by atoms with Crippen LogP contribution in [-0.2, 0) is 14.8 Å². The molecule has 3 rings (SSSR count). The number of benzene rings is 2. The summed E-state index contributed by atoms with van der Waals surface area (Å²) in [7, 11) is -3.67. The van der Waals surface area contributed by atoms with Crippen LogP contribution < -0.4 is 24.8 Å². The fourth-order valence-corrected chi connectivity index (χ4v) is 4.22. The quantitative estimate of drug-likeness (QED) is 0.665. The van der Waals surface area contributed by atoms with Crippen LogP contribution in [0, 0.1) is 0 Å². The van der Waals surface area contributed by atoms with Crippen LogP contribution in [0.1, 0.15) is 27.7 Å². The minimum Gasteiger partial charge on any atom is -0.454 e. The molecule has 156 valence electrons. The second kappa shape index (κ2) is 7.92. The lowest BCUT2D eigenvalue weighted by Crippen LogP contribution is -2.40. The molecule has 0 spiro atoms. The van der Waals surface area contributed by atoms with Crippen LogP contribution in [0.25, 0.3) is 0 Å². The molecule has 0 saturated carbocycles. The van der Waals surface area contributed by atoms with Crippen LogP contribution >= 0.6 is 0 Å². The second-order valence-electron chi connectivity index (χ2n) is 7.81. The number of anilines is 2. The first-order chi connectivity index (χ1) is 13.5. The van der Waals surface area contributed by atoms with E-state index in [9.17, 15) is 13.2 Å². The lowest BCUT2D eigenvalue weighted by Gasteiger charge is -2.21. The SMILES string of the molecule is C[C@@H](Nc1cccc(S(=O)(=O)NC(C)(C)C)c1)C(=O)Nc1ccc2c(c1)OCO2. The van der Waals surface area contributed by atoms with E-state index in [1.165, 1.54) is 12.1 Å². The molecule has 2 aromatic carbocycles. The van der Waals surface area contributed by atoms with Gasteiger partial charge in [0, 0.05) is 23.0 Å². The Hall–Kier alpha value is -2.78. The predicted octanol–water partition coefficient (Wildman–Crippen LogP) is 2.93. The Kier molecular flexibility index (Phi) is 5.72. The number of fused-ring (bicyclic) bond motifs is 1. The van der Waals surface area contributed by atoms with Crippen LogP contribution in [0.2, 0.25) is 0 Å². The minimum absolute atomic E-state index is 0.126. The molecule has 29 heavy (non-hydrogen) atoms. The summed E-state index contributed by atoms with van der Waals surface area (Å²) in [5.41, 5.74) is 0.508. The van der Waals surface area contributed by atoms with Crippen molar-refractivity contribution in [2.75, 3.05) is 17.4 Å². The van der Waals surface area contributed by atoms with Gasteiger partial charge in [0.05, 0.1) is 4.90 Å². The maximum absolute atomic E-state index is 12.5. The minimum atomic E-state index is -3.67. The van der Waals surface area contributed by atoms with Crippen LogP contribution in [0.5, 0.6) is 11.5 Å². The number of carbonyl (C=O) groups excluding carboxylic acids is 1. The Bertz CT molecular complexity index is 1020. The van der Waals surface area contributed by atoms with Crippen LogP contribution in [0.3, 0.4) is 0 Å². The lowest BCUT2D eigenvalue weighted by atomic mass is 10.1. The van der Waals surface area contributed by atoms with Crippen molar-refractivity contribution < 1.29 is 22.7 Å². The number of amides is 1. The summed E-state index contributed by atoms with van der Waals surface area (Å²) in [6.45, 7) is 7.17. The van der Waals surface area contributed by atoms with E-state index in [4.69, 9.17) is 9.47 Å². The summed E-state index contributed by atoms with van der Waals surface area (Å²) < 4.78 is 38.2. The molecule has 1 amide bonds. The van der Waals surface area contributed by atoms with E-state index >= 15 is 0 Å². The number of hydrogen-bond donors (Lipinski definition) is 3. The highest BCUT2D eigenvalue weighted by atomic mass is 32.2. The molecule has 1 heterocycles. The number of ether oxygens (including phenoxy) is 2. The molecule has 0 saturated heterocycles. The summed E-state index contributed by atoms with van der Waals surface area (Å²) in [6, 6.07) is 10.9.